The predicted molar refractivity (Wildman–Crippen MR) is 69.9 cm³/mol. The summed E-state index contributed by atoms with van der Waals surface area (Å²) in [7, 11) is 0. The van der Waals surface area contributed by atoms with Gasteiger partial charge in [-0.2, -0.15) is 13.2 Å². The molecule has 1 nitrogen and oxygen atoms in total. The zero-order chi connectivity index (χ0) is 14.0. The van der Waals surface area contributed by atoms with Gasteiger partial charge in [0.2, 0.25) is 0 Å². The fourth-order valence-electron chi connectivity index (χ4n) is 2.06. The summed E-state index contributed by atoms with van der Waals surface area (Å²) in [6.07, 6.45) is -3.63. The maximum Gasteiger partial charge on any atom is 0.406 e. The molecule has 0 atom stereocenters. The van der Waals surface area contributed by atoms with Crippen molar-refractivity contribution in [1.29, 1.82) is 0 Å². The molecule has 0 aliphatic carbocycles. The van der Waals surface area contributed by atoms with Crippen LogP contribution in [0.3, 0.4) is 0 Å². The fourth-order valence-corrected chi connectivity index (χ4v) is 2.06. The molecule has 0 saturated heterocycles. The fraction of sp³-hybridized carbons (Fsp3) is 0.333. The normalized spacial score (nSPS) is 11.4. The van der Waals surface area contributed by atoms with Crippen molar-refractivity contribution < 1.29 is 13.2 Å². The maximum atomic E-state index is 12.7. The number of alkyl halides is 3. The predicted octanol–water partition coefficient (Wildman–Crippen LogP) is 4.27. The van der Waals surface area contributed by atoms with E-state index in [1.54, 1.807) is 18.2 Å². The highest BCUT2D eigenvalue weighted by molar-refractivity contribution is 5.85. The summed E-state index contributed by atoms with van der Waals surface area (Å²) in [5.74, 6) is 5.65. The number of hydrogen-bond acceptors (Lipinski definition) is 0. The van der Waals surface area contributed by atoms with E-state index in [2.05, 4.69) is 11.8 Å². The molecule has 0 amide bonds. The van der Waals surface area contributed by atoms with Gasteiger partial charge in [-0.25, -0.2) is 0 Å². The Morgan fingerprint density at radius 2 is 2.00 bits per heavy atom. The molecule has 1 heterocycles. The van der Waals surface area contributed by atoms with E-state index >= 15 is 0 Å². The van der Waals surface area contributed by atoms with E-state index in [0.29, 0.717) is 17.6 Å². The first-order valence-corrected chi connectivity index (χ1v) is 6.07. The smallest absolute Gasteiger partial charge is 0.325 e. The van der Waals surface area contributed by atoms with Crippen LogP contribution < -0.4 is 0 Å². The Kier molecular flexibility index (Phi) is 3.57. The maximum absolute atomic E-state index is 12.7. The Morgan fingerprint density at radius 3 is 2.63 bits per heavy atom. The monoisotopic (exact) mass is 265 g/mol. The topological polar surface area (TPSA) is 4.93 Å². The summed E-state index contributed by atoms with van der Waals surface area (Å²) < 4.78 is 39.3. The first-order chi connectivity index (χ1) is 8.92. The highest BCUT2D eigenvalue weighted by Crippen LogP contribution is 2.27. The molecule has 0 saturated carbocycles. The molecule has 0 bridgehead atoms. The quantitative estimate of drug-likeness (QED) is 0.678. The van der Waals surface area contributed by atoms with E-state index in [0.717, 1.165) is 10.9 Å². The minimum Gasteiger partial charge on any atom is -0.325 e. The van der Waals surface area contributed by atoms with Crippen molar-refractivity contribution in [2.45, 2.75) is 33.0 Å². The molecule has 0 aliphatic rings. The second-order valence-electron chi connectivity index (χ2n) is 4.39. The third kappa shape index (κ3) is 2.93. The molecular weight excluding hydrogens is 251 g/mol. The molecule has 100 valence electrons. The molecule has 0 N–H and O–H groups in total. The van der Waals surface area contributed by atoms with Gasteiger partial charge in [-0.3, -0.25) is 0 Å². The van der Waals surface area contributed by atoms with Gasteiger partial charge in [0.1, 0.15) is 6.54 Å². The molecule has 0 spiro atoms. The van der Waals surface area contributed by atoms with Gasteiger partial charge in [0.25, 0.3) is 0 Å². The summed E-state index contributed by atoms with van der Waals surface area (Å²) >= 11 is 0. The number of fused-ring (bicyclic) bond motifs is 1. The van der Waals surface area contributed by atoms with Crippen LogP contribution in [0.2, 0.25) is 0 Å². The molecule has 1 aromatic carbocycles. The van der Waals surface area contributed by atoms with E-state index in [-0.39, 0.29) is 0 Å². The Bertz CT molecular complexity index is 654. The van der Waals surface area contributed by atoms with Gasteiger partial charge in [0, 0.05) is 17.3 Å². The molecule has 2 aromatic rings. The van der Waals surface area contributed by atoms with E-state index in [1.807, 2.05) is 19.9 Å². The van der Waals surface area contributed by atoms with Crippen molar-refractivity contribution in [3.8, 4) is 11.8 Å². The van der Waals surface area contributed by atoms with Gasteiger partial charge in [-0.1, -0.05) is 25.0 Å². The summed E-state index contributed by atoms with van der Waals surface area (Å²) in [4.78, 5) is 0. The van der Waals surface area contributed by atoms with Crippen LogP contribution in [-0.2, 0) is 6.54 Å². The number of hydrogen-bond donors (Lipinski definition) is 0. The van der Waals surface area contributed by atoms with E-state index in [4.69, 9.17) is 0 Å². The van der Waals surface area contributed by atoms with Crippen LogP contribution in [0.4, 0.5) is 13.2 Å². The average molecular weight is 265 g/mol. The lowest BCUT2D eigenvalue weighted by Crippen LogP contribution is -2.18. The van der Waals surface area contributed by atoms with Crippen molar-refractivity contribution in [2.75, 3.05) is 0 Å². The van der Waals surface area contributed by atoms with E-state index in [1.165, 1.54) is 4.57 Å². The van der Waals surface area contributed by atoms with E-state index in [9.17, 15) is 13.2 Å². The Balaban J connectivity index is 2.65. The van der Waals surface area contributed by atoms with Crippen molar-refractivity contribution in [3.05, 3.63) is 35.5 Å². The number of aryl methyl sites for hydroxylation is 1. The first kappa shape index (κ1) is 13.5. The van der Waals surface area contributed by atoms with Gasteiger partial charge in [0.15, 0.2) is 0 Å². The van der Waals surface area contributed by atoms with Crippen LogP contribution in [0.15, 0.2) is 24.3 Å². The summed E-state index contributed by atoms with van der Waals surface area (Å²) in [6.45, 7) is 2.75. The molecule has 0 unspecified atom stereocenters. The Morgan fingerprint density at radius 1 is 1.26 bits per heavy atom. The number of halogens is 3. The van der Waals surface area contributed by atoms with Crippen LogP contribution in [0.5, 0.6) is 0 Å². The number of rotatable bonds is 1. The standard InChI is InChI=1S/C15H14F3N/c1-3-4-7-12-9-13-11(2)6-5-8-14(13)19(12)10-15(16,17)18/h5-6,8-9H,3,10H2,1-2H3. The van der Waals surface area contributed by atoms with Crippen LogP contribution in [-0.4, -0.2) is 10.7 Å². The zero-order valence-electron chi connectivity index (χ0n) is 10.8. The van der Waals surface area contributed by atoms with Crippen LogP contribution in [0.25, 0.3) is 10.9 Å². The lowest BCUT2D eigenvalue weighted by Gasteiger charge is -2.11. The number of aromatic nitrogens is 1. The highest BCUT2D eigenvalue weighted by atomic mass is 19.4. The lowest BCUT2D eigenvalue weighted by atomic mass is 10.1. The van der Waals surface area contributed by atoms with Gasteiger partial charge >= 0.3 is 6.18 Å². The summed E-state index contributed by atoms with van der Waals surface area (Å²) in [5, 5.41) is 0.826. The van der Waals surface area contributed by atoms with Gasteiger partial charge in [-0.15, -0.1) is 0 Å². The second-order valence-corrected chi connectivity index (χ2v) is 4.39. The van der Waals surface area contributed by atoms with Gasteiger partial charge < -0.3 is 4.57 Å². The van der Waals surface area contributed by atoms with Crippen molar-refractivity contribution in [3.63, 3.8) is 0 Å². The van der Waals surface area contributed by atoms with E-state index < -0.39 is 12.7 Å². The third-order valence-electron chi connectivity index (χ3n) is 2.89. The number of benzene rings is 1. The molecule has 0 aliphatic heterocycles. The summed E-state index contributed by atoms with van der Waals surface area (Å²) in [6, 6.07) is 7.09. The third-order valence-corrected chi connectivity index (χ3v) is 2.89. The first-order valence-electron chi connectivity index (χ1n) is 6.07. The molecule has 0 fully saturated rings. The largest absolute Gasteiger partial charge is 0.406 e. The molecule has 1 aromatic heterocycles. The van der Waals surface area contributed by atoms with Gasteiger partial charge in [0.05, 0.1) is 5.69 Å². The van der Waals surface area contributed by atoms with Gasteiger partial charge in [-0.05, 0) is 30.5 Å². The Hall–Kier alpha value is -1.89. The highest BCUT2D eigenvalue weighted by Gasteiger charge is 2.29. The van der Waals surface area contributed by atoms with Crippen LogP contribution >= 0.6 is 0 Å². The summed E-state index contributed by atoms with van der Waals surface area (Å²) in [5.41, 5.74) is 1.96. The molecule has 4 heteroatoms. The van der Waals surface area contributed by atoms with Crippen LogP contribution in [0, 0.1) is 18.8 Å². The SMILES string of the molecule is CCC#Cc1cc2c(C)cccc2n1CC(F)(F)F. The zero-order valence-corrected chi connectivity index (χ0v) is 10.8. The molecule has 2 rings (SSSR count). The van der Waals surface area contributed by atoms with Crippen molar-refractivity contribution >= 4 is 10.9 Å². The number of nitrogens with zero attached hydrogens (tertiary/aromatic N) is 1. The molecular formula is C15H14F3N. The van der Waals surface area contributed by atoms with Crippen molar-refractivity contribution in [1.82, 2.24) is 4.57 Å². The molecule has 19 heavy (non-hydrogen) atoms. The minimum atomic E-state index is -4.25. The lowest BCUT2D eigenvalue weighted by molar-refractivity contribution is -0.140. The average Bonchev–Trinajstić information content (AvgIpc) is 2.65. The minimum absolute atomic E-state index is 0.420. The second kappa shape index (κ2) is 5.00. The Labute approximate surface area is 110 Å². The van der Waals surface area contributed by atoms with Crippen LogP contribution in [0.1, 0.15) is 24.6 Å². The molecule has 0 radical (unpaired) electrons. The van der Waals surface area contributed by atoms with Crippen molar-refractivity contribution in [2.24, 2.45) is 0 Å².